The van der Waals surface area contributed by atoms with Gasteiger partial charge in [-0.2, -0.15) is 5.26 Å². The molecule has 1 aliphatic heterocycles. The van der Waals surface area contributed by atoms with Gasteiger partial charge >= 0.3 is 0 Å². The number of nitrogens with zero attached hydrogens (tertiary/aromatic N) is 2. The Morgan fingerprint density at radius 3 is 2.95 bits per heavy atom. The highest BCUT2D eigenvalue weighted by Crippen LogP contribution is 2.25. The maximum Gasteiger partial charge on any atom is 0.240 e. The minimum atomic E-state index is -0.269. The number of furan rings is 1. The number of aryl methyl sites for hydroxylation is 1. The van der Waals surface area contributed by atoms with Crippen LogP contribution in [0.2, 0.25) is 0 Å². The van der Waals surface area contributed by atoms with Crippen LogP contribution in [0.4, 0.5) is 5.88 Å². The van der Waals surface area contributed by atoms with Crippen molar-refractivity contribution in [2.24, 2.45) is 0 Å². The summed E-state index contributed by atoms with van der Waals surface area (Å²) in [5.74, 6) is 0.539. The van der Waals surface area contributed by atoms with Crippen molar-refractivity contribution in [3.63, 3.8) is 0 Å². The van der Waals surface area contributed by atoms with E-state index < -0.39 is 0 Å². The lowest BCUT2D eigenvalue weighted by Crippen LogP contribution is -2.44. The molecule has 0 bridgehead atoms. The van der Waals surface area contributed by atoms with Gasteiger partial charge in [-0.15, -0.1) is 0 Å². The Hall–Kier alpha value is -2.13. The minimum Gasteiger partial charge on any atom is -0.444 e. The third-order valence-corrected chi connectivity index (χ3v) is 3.92. The summed E-state index contributed by atoms with van der Waals surface area (Å²) in [4.78, 5) is 25.0. The predicted octanol–water partition coefficient (Wildman–Crippen LogP) is 1.76. The molecule has 0 aliphatic carbocycles. The molecular formula is C15H19N3O3. The summed E-state index contributed by atoms with van der Waals surface area (Å²) in [5.41, 5.74) is 1.09. The molecule has 6 heteroatoms. The average Bonchev–Trinajstić information content (AvgIpc) is 2.73. The molecule has 112 valence electrons. The van der Waals surface area contributed by atoms with Gasteiger partial charge in [-0.1, -0.05) is 6.42 Å². The van der Waals surface area contributed by atoms with Crippen LogP contribution in [0, 0.1) is 25.2 Å². The minimum absolute atomic E-state index is 0.132. The number of amides is 1. The molecule has 1 fully saturated rings. The van der Waals surface area contributed by atoms with Crippen molar-refractivity contribution >= 4 is 18.1 Å². The van der Waals surface area contributed by atoms with Gasteiger partial charge in [0.1, 0.15) is 23.7 Å². The van der Waals surface area contributed by atoms with E-state index in [9.17, 15) is 9.59 Å². The number of likely N-dealkylation sites (tertiary alicyclic amines) is 1. The first-order valence-electron chi connectivity index (χ1n) is 7.06. The number of carbonyl (C=O) groups excluding carboxylic acids is 2. The number of nitrogens with one attached hydrogen (secondary N) is 1. The highest BCUT2D eigenvalue weighted by molar-refractivity contribution is 5.92. The first-order valence-corrected chi connectivity index (χ1v) is 7.06. The summed E-state index contributed by atoms with van der Waals surface area (Å²) >= 11 is 0. The molecular weight excluding hydrogens is 270 g/mol. The quantitative estimate of drug-likeness (QED) is 0.853. The Kier molecular flexibility index (Phi) is 4.76. The zero-order valence-electron chi connectivity index (χ0n) is 12.3. The molecule has 1 aromatic rings. The Morgan fingerprint density at radius 1 is 1.52 bits per heavy atom. The highest BCUT2D eigenvalue weighted by Gasteiger charge is 2.24. The summed E-state index contributed by atoms with van der Waals surface area (Å²) in [6.45, 7) is 4.39. The zero-order valence-corrected chi connectivity index (χ0v) is 12.3. The van der Waals surface area contributed by atoms with Crippen LogP contribution in [-0.4, -0.2) is 36.2 Å². The zero-order chi connectivity index (χ0) is 15.4. The SMILES string of the molecule is Cc1oc(NC(=O)CN2CCCCC2C=O)c(C#N)c1C. The molecule has 0 aromatic carbocycles. The van der Waals surface area contributed by atoms with Crippen molar-refractivity contribution in [2.75, 3.05) is 18.4 Å². The Morgan fingerprint density at radius 2 is 2.29 bits per heavy atom. The maximum absolute atomic E-state index is 12.1. The third-order valence-electron chi connectivity index (χ3n) is 3.92. The van der Waals surface area contributed by atoms with Crippen LogP contribution < -0.4 is 5.32 Å². The standard InChI is InChI=1S/C15H19N3O3/c1-10-11(2)21-15(13(10)7-16)17-14(20)8-18-6-4-3-5-12(18)9-19/h9,12H,3-6,8H2,1-2H3,(H,17,20). The molecule has 2 rings (SSSR count). The van der Waals surface area contributed by atoms with Crippen molar-refractivity contribution in [3.05, 3.63) is 16.9 Å². The van der Waals surface area contributed by atoms with Crippen LogP contribution in [0.5, 0.6) is 0 Å². The molecule has 2 heterocycles. The molecule has 1 saturated heterocycles. The summed E-state index contributed by atoms with van der Waals surface area (Å²) in [7, 11) is 0. The lowest BCUT2D eigenvalue weighted by Gasteiger charge is -2.31. The lowest BCUT2D eigenvalue weighted by molar-refractivity contribution is -0.120. The van der Waals surface area contributed by atoms with Gasteiger partial charge in [0.2, 0.25) is 11.8 Å². The van der Waals surface area contributed by atoms with E-state index in [0.29, 0.717) is 11.3 Å². The second-order valence-corrected chi connectivity index (χ2v) is 5.32. The van der Waals surface area contributed by atoms with E-state index in [1.54, 1.807) is 13.8 Å². The topological polar surface area (TPSA) is 86.3 Å². The number of anilines is 1. The monoisotopic (exact) mass is 289 g/mol. The largest absolute Gasteiger partial charge is 0.444 e. The van der Waals surface area contributed by atoms with Crippen LogP contribution in [0.1, 0.15) is 36.1 Å². The van der Waals surface area contributed by atoms with E-state index in [1.807, 2.05) is 11.0 Å². The van der Waals surface area contributed by atoms with E-state index in [-0.39, 0.29) is 24.4 Å². The van der Waals surface area contributed by atoms with Gasteiger partial charge in [-0.25, -0.2) is 0 Å². The van der Waals surface area contributed by atoms with Gasteiger partial charge in [-0.3, -0.25) is 15.0 Å². The Balaban J connectivity index is 2.03. The molecule has 1 unspecified atom stereocenters. The van der Waals surface area contributed by atoms with Gasteiger partial charge in [0, 0.05) is 5.56 Å². The van der Waals surface area contributed by atoms with Crippen molar-refractivity contribution in [2.45, 2.75) is 39.2 Å². The first kappa shape index (κ1) is 15.3. The second-order valence-electron chi connectivity index (χ2n) is 5.32. The third kappa shape index (κ3) is 3.31. The molecule has 0 spiro atoms. The fraction of sp³-hybridized carbons (Fsp3) is 0.533. The van der Waals surface area contributed by atoms with Crippen molar-refractivity contribution in [3.8, 4) is 6.07 Å². The van der Waals surface area contributed by atoms with Crippen molar-refractivity contribution < 1.29 is 14.0 Å². The molecule has 1 aliphatic rings. The van der Waals surface area contributed by atoms with Crippen LogP contribution in [0.3, 0.4) is 0 Å². The van der Waals surface area contributed by atoms with E-state index in [0.717, 1.165) is 37.7 Å². The smallest absolute Gasteiger partial charge is 0.240 e. The summed E-state index contributed by atoms with van der Waals surface area (Å²) in [6.07, 6.45) is 3.68. The molecule has 0 radical (unpaired) electrons. The first-order chi connectivity index (χ1) is 10.1. The van der Waals surface area contributed by atoms with E-state index >= 15 is 0 Å². The lowest BCUT2D eigenvalue weighted by atomic mass is 10.0. The van der Waals surface area contributed by atoms with E-state index in [4.69, 9.17) is 9.68 Å². The summed E-state index contributed by atoms with van der Waals surface area (Å²) in [6, 6.07) is 1.84. The average molecular weight is 289 g/mol. The molecule has 1 atom stereocenters. The number of nitriles is 1. The molecule has 1 N–H and O–H groups in total. The second kappa shape index (κ2) is 6.55. The number of hydrogen-bond acceptors (Lipinski definition) is 5. The number of piperidine rings is 1. The molecule has 0 saturated carbocycles. The van der Waals surface area contributed by atoms with E-state index in [1.165, 1.54) is 0 Å². The molecule has 6 nitrogen and oxygen atoms in total. The number of aldehydes is 1. The Bertz CT molecular complexity index is 586. The van der Waals surface area contributed by atoms with Crippen LogP contribution in [0.25, 0.3) is 0 Å². The molecule has 21 heavy (non-hydrogen) atoms. The normalized spacial score (nSPS) is 19.0. The molecule has 1 aromatic heterocycles. The van der Waals surface area contributed by atoms with Crippen LogP contribution in [0.15, 0.2) is 4.42 Å². The van der Waals surface area contributed by atoms with Crippen LogP contribution >= 0.6 is 0 Å². The van der Waals surface area contributed by atoms with Gasteiger partial charge < -0.3 is 9.21 Å². The van der Waals surface area contributed by atoms with Gasteiger partial charge in [-0.05, 0) is 33.2 Å². The van der Waals surface area contributed by atoms with Crippen LogP contribution in [-0.2, 0) is 9.59 Å². The van der Waals surface area contributed by atoms with E-state index in [2.05, 4.69) is 5.32 Å². The highest BCUT2D eigenvalue weighted by atomic mass is 16.4. The number of hydrogen-bond donors (Lipinski definition) is 1. The Labute approximate surface area is 123 Å². The predicted molar refractivity (Wildman–Crippen MR) is 76.8 cm³/mol. The van der Waals surface area contributed by atoms with Gasteiger partial charge in [0.05, 0.1) is 12.6 Å². The number of rotatable bonds is 4. The summed E-state index contributed by atoms with van der Waals surface area (Å²) in [5, 5.41) is 11.7. The fourth-order valence-electron chi connectivity index (χ4n) is 2.57. The molecule has 1 amide bonds. The fourth-order valence-corrected chi connectivity index (χ4v) is 2.57. The van der Waals surface area contributed by atoms with Gasteiger partial charge in [0.25, 0.3) is 0 Å². The summed E-state index contributed by atoms with van der Waals surface area (Å²) < 4.78 is 5.41. The van der Waals surface area contributed by atoms with Crippen molar-refractivity contribution in [1.29, 1.82) is 5.26 Å². The van der Waals surface area contributed by atoms with Crippen molar-refractivity contribution in [1.82, 2.24) is 4.90 Å². The maximum atomic E-state index is 12.1. The van der Waals surface area contributed by atoms with Gasteiger partial charge in [0.15, 0.2) is 0 Å². The number of carbonyl (C=O) groups is 2.